The summed E-state index contributed by atoms with van der Waals surface area (Å²) in [5, 5.41) is 12.7. The lowest BCUT2D eigenvalue weighted by Gasteiger charge is -2.36. The fourth-order valence-corrected chi connectivity index (χ4v) is 3.74. The van der Waals surface area contributed by atoms with Crippen LogP contribution in [0.1, 0.15) is 18.9 Å². The Morgan fingerprint density at radius 1 is 1.24 bits per heavy atom. The molecule has 1 saturated heterocycles. The third-order valence-corrected chi connectivity index (χ3v) is 4.64. The minimum Gasteiger partial charge on any atom is -0.396 e. The van der Waals surface area contributed by atoms with E-state index in [0.29, 0.717) is 18.4 Å². The molecule has 2 unspecified atom stereocenters. The molecule has 0 saturated carbocycles. The second kappa shape index (κ2) is 6.35. The normalized spacial score (nSPS) is 23.6. The number of halogens is 1. The lowest BCUT2D eigenvalue weighted by Crippen LogP contribution is -2.40. The molecule has 0 amide bonds. The lowest BCUT2D eigenvalue weighted by molar-refractivity contribution is 0.0858. The van der Waals surface area contributed by atoms with E-state index in [1.807, 2.05) is 12.1 Å². The molecule has 2 aromatic rings. The van der Waals surface area contributed by atoms with E-state index in [-0.39, 0.29) is 0 Å². The maximum absolute atomic E-state index is 9.45. The summed E-state index contributed by atoms with van der Waals surface area (Å²) >= 11 is 6.08. The van der Waals surface area contributed by atoms with Gasteiger partial charge in [-0.15, -0.1) is 0 Å². The molecule has 1 aliphatic rings. The van der Waals surface area contributed by atoms with Crippen LogP contribution in [-0.2, 0) is 6.54 Å². The first kappa shape index (κ1) is 14.8. The van der Waals surface area contributed by atoms with Crippen LogP contribution in [-0.4, -0.2) is 29.7 Å². The zero-order valence-electron chi connectivity index (χ0n) is 12.4. The molecule has 0 radical (unpaired) electrons. The van der Waals surface area contributed by atoms with Gasteiger partial charge in [-0.1, -0.05) is 42.8 Å². The molecule has 21 heavy (non-hydrogen) atoms. The van der Waals surface area contributed by atoms with E-state index in [1.165, 1.54) is 16.3 Å². The quantitative estimate of drug-likeness (QED) is 0.928. The Balaban J connectivity index is 1.84. The van der Waals surface area contributed by atoms with Crippen LogP contribution in [0, 0.1) is 11.8 Å². The lowest BCUT2D eigenvalue weighted by atomic mass is 9.90. The predicted molar refractivity (Wildman–Crippen MR) is 88.6 cm³/mol. The highest BCUT2D eigenvalue weighted by Crippen LogP contribution is 2.27. The Kier molecular flexibility index (Phi) is 4.48. The van der Waals surface area contributed by atoms with Crippen molar-refractivity contribution in [2.75, 3.05) is 19.7 Å². The zero-order valence-corrected chi connectivity index (χ0v) is 13.2. The van der Waals surface area contributed by atoms with Crippen LogP contribution in [0.3, 0.4) is 0 Å². The van der Waals surface area contributed by atoms with Crippen molar-refractivity contribution < 1.29 is 5.11 Å². The summed E-state index contributed by atoms with van der Waals surface area (Å²) in [7, 11) is 0. The second-order valence-corrected chi connectivity index (χ2v) is 6.80. The van der Waals surface area contributed by atoms with Crippen LogP contribution in [0.4, 0.5) is 0 Å². The number of rotatable bonds is 3. The number of fused-ring (bicyclic) bond motifs is 1. The smallest absolute Gasteiger partial charge is 0.0471 e. The number of benzene rings is 2. The topological polar surface area (TPSA) is 23.5 Å². The van der Waals surface area contributed by atoms with Crippen molar-refractivity contribution in [1.82, 2.24) is 4.90 Å². The number of nitrogens with zero attached hydrogens (tertiary/aromatic N) is 1. The van der Waals surface area contributed by atoms with Gasteiger partial charge in [-0.25, -0.2) is 0 Å². The number of piperidine rings is 1. The molecule has 3 heteroatoms. The van der Waals surface area contributed by atoms with Gasteiger partial charge in [0.25, 0.3) is 0 Å². The van der Waals surface area contributed by atoms with Crippen molar-refractivity contribution in [3.63, 3.8) is 0 Å². The average molecular weight is 304 g/mol. The molecule has 112 valence electrons. The predicted octanol–water partition coefficient (Wildman–Crippen LogP) is 3.94. The van der Waals surface area contributed by atoms with Gasteiger partial charge >= 0.3 is 0 Å². The summed E-state index contributed by atoms with van der Waals surface area (Å²) in [6, 6.07) is 12.5. The number of likely N-dealkylation sites (tertiary alicyclic amines) is 1. The van der Waals surface area contributed by atoms with Gasteiger partial charge in [0, 0.05) is 31.3 Å². The first-order chi connectivity index (χ1) is 10.2. The van der Waals surface area contributed by atoms with E-state index in [9.17, 15) is 5.11 Å². The summed E-state index contributed by atoms with van der Waals surface area (Å²) in [5.41, 5.74) is 1.34. The zero-order chi connectivity index (χ0) is 14.8. The number of aliphatic hydroxyl groups is 1. The van der Waals surface area contributed by atoms with Crippen molar-refractivity contribution >= 4 is 22.4 Å². The highest BCUT2D eigenvalue weighted by Gasteiger charge is 2.24. The van der Waals surface area contributed by atoms with Crippen LogP contribution in [0.2, 0.25) is 5.02 Å². The van der Waals surface area contributed by atoms with E-state index in [0.717, 1.165) is 31.1 Å². The Bertz CT molecular complexity index is 628. The van der Waals surface area contributed by atoms with Gasteiger partial charge in [0.1, 0.15) is 0 Å². The number of hydrogen-bond donors (Lipinski definition) is 1. The third kappa shape index (κ3) is 3.39. The molecule has 3 rings (SSSR count). The van der Waals surface area contributed by atoms with Crippen LogP contribution in [0.25, 0.3) is 10.8 Å². The van der Waals surface area contributed by atoms with E-state index in [1.54, 1.807) is 0 Å². The summed E-state index contributed by atoms with van der Waals surface area (Å²) < 4.78 is 0. The summed E-state index contributed by atoms with van der Waals surface area (Å²) in [6.45, 7) is 5.62. The molecule has 1 fully saturated rings. The molecule has 0 aliphatic carbocycles. The molecule has 2 aromatic carbocycles. The van der Waals surface area contributed by atoms with Crippen molar-refractivity contribution in [2.45, 2.75) is 19.9 Å². The monoisotopic (exact) mass is 303 g/mol. The van der Waals surface area contributed by atoms with Crippen molar-refractivity contribution in [3.8, 4) is 0 Å². The second-order valence-electron chi connectivity index (χ2n) is 6.37. The summed E-state index contributed by atoms with van der Waals surface area (Å²) in [4.78, 5) is 2.47. The maximum atomic E-state index is 9.45. The minimum atomic E-state index is 0.298. The van der Waals surface area contributed by atoms with Gasteiger partial charge in [-0.3, -0.25) is 4.90 Å². The van der Waals surface area contributed by atoms with E-state index in [2.05, 4.69) is 36.1 Å². The molecular formula is C18H22ClNO. The Labute approximate surface area is 131 Å². The Morgan fingerprint density at radius 3 is 2.90 bits per heavy atom. The van der Waals surface area contributed by atoms with E-state index < -0.39 is 0 Å². The van der Waals surface area contributed by atoms with Gasteiger partial charge in [0.15, 0.2) is 0 Å². The van der Waals surface area contributed by atoms with Crippen molar-refractivity contribution in [3.05, 3.63) is 47.0 Å². The molecule has 1 heterocycles. The number of hydrogen-bond acceptors (Lipinski definition) is 2. The minimum absolute atomic E-state index is 0.298. The summed E-state index contributed by atoms with van der Waals surface area (Å²) in [6.07, 6.45) is 1.14. The third-order valence-electron chi connectivity index (χ3n) is 4.41. The Hall–Kier alpha value is -1.09. The Morgan fingerprint density at radius 2 is 2.10 bits per heavy atom. The van der Waals surface area contributed by atoms with Gasteiger partial charge < -0.3 is 5.11 Å². The molecule has 1 N–H and O–H groups in total. The first-order valence-corrected chi connectivity index (χ1v) is 8.04. The van der Waals surface area contributed by atoms with Crippen LogP contribution in [0.5, 0.6) is 0 Å². The largest absolute Gasteiger partial charge is 0.396 e. The van der Waals surface area contributed by atoms with Gasteiger partial charge in [-0.2, -0.15) is 0 Å². The SMILES string of the molecule is CC1CC(CO)CN(Cc2cccc3cc(Cl)ccc23)C1. The molecule has 2 atom stereocenters. The fourth-order valence-electron chi connectivity index (χ4n) is 3.56. The maximum Gasteiger partial charge on any atom is 0.0471 e. The number of aliphatic hydroxyl groups excluding tert-OH is 1. The first-order valence-electron chi connectivity index (χ1n) is 7.66. The van der Waals surface area contributed by atoms with Gasteiger partial charge in [0.05, 0.1) is 0 Å². The van der Waals surface area contributed by atoms with Crippen molar-refractivity contribution in [1.29, 1.82) is 0 Å². The highest BCUT2D eigenvalue weighted by molar-refractivity contribution is 6.31. The standard InChI is InChI=1S/C18H22ClNO/c1-13-7-14(12-21)10-20(9-13)11-16-4-2-3-15-8-17(19)5-6-18(15)16/h2-6,8,13-14,21H,7,9-12H2,1H3. The summed E-state index contributed by atoms with van der Waals surface area (Å²) in [5.74, 6) is 1.07. The fraction of sp³-hybridized carbons (Fsp3) is 0.444. The van der Waals surface area contributed by atoms with Crippen molar-refractivity contribution in [2.24, 2.45) is 11.8 Å². The van der Waals surface area contributed by atoms with Crippen LogP contribution in [0.15, 0.2) is 36.4 Å². The van der Waals surface area contributed by atoms with Crippen LogP contribution >= 0.6 is 11.6 Å². The van der Waals surface area contributed by atoms with Gasteiger partial charge in [-0.05, 0) is 46.7 Å². The van der Waals surface area contributed by atoms with Crippen LogP contribution < -0.4 is 0 Å². The van der Waals surface area contributed by atoms with E-state index >= 15 is 0 Å². The molecule has 0 aromatic heterocycles. The molecule has 0 spiro atoms. The molecule has 2 nitrogen and oxygen atoms in total. The molecule has 1 aliphatic heterocycles. The van der Waals surface area contributed by atoms with Gasteiger partial charge in [0.2, 0.25) is 0 Å². The highest BCUT2D eigenvalue weighted by atomic mass is 35.5. The molecular weight excluding hydrogens is 282 g/mol. The van der Waals surface area contributed by atoms with E-state index in [4.69, 9.17) is 11.6 Å². The molecule has 0 bridgehead atoms. The average Bonchev–Trinajstić information content (AvgIpc) is 2.46.